The normalized spacial score (nSPS) is 13.8. The number of thioether (sulfide) groups is 1. The Morgan fingerprint density at radius 3 is 2.43 bits per heavy atom. The molecule has 0 radical (unpaired) electrons. The molecule has 1 unspecified atom stereocenters. The van der Waals surface area contributed by atoms with Gasteiger partial charge in [-0.05, 0) is 43.7 Å². The molecule has 21 heavy (non-hydrogen) atoms. The number of carbonyl (C=O) groups excluding carboxylic acids is 1. The van der Waals surface area contributed by atoms with Crippen LogP contribution in [-0.2, 0) is 4.74 Å². The molecule has 1 heterocycles. The van der Waals surface area contributed by atoms with E-state index in [0.29, 0.717) is 18.4 Å². The van der Waals surface area contributed by atoms with Gasteiger partial charge in [0.25, 0.3) is 0 Å². The predicted molar refractivity (Wildman–Crippen MR) is 76.1 cm³/mol. The number of aromatic nitrogens is 1. The summed E-state index contributed by atoms with van der Waals surface area (Å²) in [6.45, 7) is 4.73. The first kappa shape index (κ1) is 17.8. The van der Waals surface area contributed by atoms with Gasteiger partial charge in [-0.25, -0.2) is 4.79 Å². The molecule has 0 aliphatic heterocycles. The zero-order chi connectivity index (χ0) is 16.1. The summed E-state index contributed by atoms with van der Waals surface area (Å²) in [5.41, 5.74) is -3.89. The Labute approximate surface area is 126 Å². The number of carbonyl (C=O) groups is 1. The summed E-state index contributed by atoms with van der Waals surface area (Å²) in [5.74, 6) is -0.494. The van der Waals surface area contributed by atoms with Crippen LogP contribution in [0.3, 0.4) is 0 Å². The van der Waals surface area contributed by atoms with E-state index >= 15 is 0 Å². The van der Waals surface area contributed by atoms with Gasteiger partial charge in [0.1, 0.15) is 0 Å². The number of pyridine rings is 1. The van der Waals surface area contributed by atoms with E-state index in [9.17, 15) is 18.0 Å². The van der Waals surface area contributed by atoms with E-state index in [0.717, 1.165) is 0 Å². The van der Waals surface area contributed by atoms with E-state index < -0.39 is 22.3 Å². The first-order valence-electron chi connectivity index (χ1n) is 6.47. The molecule has 1 rings (SSSR count). The number of nitrogens with zero attached hydrogens (tertiary/aromatic N) is 1. The maximum atomic E-state index is 12.4. The van der Waals surface area contributed by atoms with Gasteiger partial charge in [-0.3, -0.25) is 4.98 Å². The molecule has 0 saturated carbocycles. The van der Waals surface area contributed by atoms with Gasteiger partial charge in [0.15, 0.2) is 0 Å². The smallest absolute Gasteiger partial charge is 0.442 e. The summed E-state index contributed by atoms with van der Waals surface area (Å²) in [5, 5.41) is 0. The Morgan fingerprint density at radius 2 is 1.90 bits per heavy atom. The Bertz CT molecular complexity index is 463. The first-order valence-corrected chi connectivity index (χ1v) is 7.29. The Balaban J connectivity index is 2.44. The summed E-state index contributed by atoms with van der Waals surface area (Å²) < 4.78 is 41.4. The van der Waals surface area contributed by atoms with Gasteiger partial charge in [-0.1, -0.05) is 13.8 Å². The number of rotatable bonds is 6. The lowest BCUT2D eigenvalue weighted by molar-refractivity contribution is -0.0343. The third-order valence-corrected chi connectivity index (χ3v) is 3.76. The van der Waals surface area contributed by atoms with Gasteiger partial charge in [0.2, 0.25) is 0 Å². The Morgan fingerprint density at radius 1 is 1.33 bits per heavy atom. The van der Waals surface area contributed by atoms with Crippen molar-refractivity contribution in [3.05, 3.63) is 30.1 Å². The fraction of sp³-hybridized carbons (Fsp3) is 0.571. The van der Waals surface area contributed by atoms with Crippen molar-refractivity contribution in [3.8, 4) is 0 Å². The average molecular weight is 321 g/mol. The van der Waals surface area contributed by atoms with Crippen LogP contribution in [0, 0.1) is 0 Å². The highest BCUT2D eigenvalue weighted by Crippen LogP contribution is 2.42. The van der Waals surface area contributed by atoms with Crippen LogP contribution in [0.25, 0.3) is 0 Å². The van der Waals surface area contributed by atoms with Crippen LogP contribution >= 0.6 is 11.8 Å². The fourth-order valence-corrected chi connectivity index (χ4v) is 2.56. The van der Waals surface area contributed by atoms with E-state index in [4.69, 9.17) is 4.74 Å². The van der Waals surface area contributed by atoms with Crippen molar-refractivity contribution in [2.24, 2.45) is 0 Å². The minimum atomic E-state index is -4.26. The molecule has 0 aliphatic rings. The van der Waals surface area contributed by atoms with Crippen molar-refractivity contribution in [3.63, 3.8) is 0 Å². The summed E-state index contributed by atoms with van der Waals surface area (Å²) in [4.78, 5) is 15.6. The molecule has 1 aromatic rings. The lowest BCUT2D eigenvalue weighted by Gasteiger charge is -2.26. The molecule has 1 atom stereocenters. The quantitative estimate of drug-likeness (QED) is 0.726. The second-order valence-electron chi connectivity index (χ2n) is 5.30. The van der Waals surface area contributed by atoms with Crippen molar-refractivity contribution in [1.29, 1.82) is 0 Å². The molecule has 0 spiro atoms. The van der Waals surface area contributed by atoms with Crippen LogP contribution in [0.1, 0.15) is 44.0 Å². The summed E-state index contributed by atoms with van der Waals surface area (Å²) >= 11 is -0.0325. The zero-order valence-electron chi connectivity index (χ0n) is 12.1. The largest absolute Gasteiger partial charge is 0.459 e. The van der Waals surface area contributed by atoms with E-state index in [-0.39, 0.29) is 11.8 Å². The van der Waals surface area contributed by atoms with Gasteiger partial charge < -0.3 is 4.74 Å². The minimum Gasteiger partial charge on any atom is -0.459 e. The fourth-order valence-electron chi connectivity index (χ4n) is 1.71. The second kappa shape index (κ2) is 7.15. The number of hydrogen-bond acceptors (Lipinski definition) is 4. The van der Waals surface area contributed by atoms with E-state index in [1.807, 2.05) is 0 Å². The molecule has 0 fully saturated rings. The van der Waals surface area contributed by atoms with E-state index in [1.54, 1.807) is 6.92 Å². The Hall–Kier alpha value is -1.24. The Kier molecular flexibility index (Phi) is 6.07. The van der Waals surface area contributed by atoms with Crippen LogP contribution in [0.4, 0.5) is 13.2 Å². The van der Waals surface area contributed by atoms with Crippen molar-refractivity contribution in [2.45, 2.75) is 50.0 Å². The van der Waals surface area contributed by atoms with Gasteiger partial charge in [0.05, 0.1) is 11.7 Å². The van der Waals surface area contributed by atoms with Crippen LogP contribution in [-0.4, -0.2) is 27.3 Å². The maximum Gasteiger partial charge on any atom is 0.442 e. The molecule has 0 amide bonds. The van der Waals surface area contributed by atoms with Gasteiger partial charge in [-0.15, -0.1) is 0 Å². The number of halogens is 3. The molecule has 118 valence electrons. The molecular formula is C14H18F3NO2S. The lowest BCUT2D eigenvalue weighted by atomic mass is 10.0. The highest BCUT2D eigenvalue weighted by Gasteiger charge is 2.37. The second-order valence-corrected chi connectivity index (χ2v) is 7.07. The first-order chi connectivity index (χ1) is 9.59. The highest BCUT2D eigenvalue weighted by atomic mass is 32.2. The van der Waals surface area contributed by atoms with Crippen LogP contribution in [0.15, 0.2) is 24.5 Å². The standard InChI is InChI=1S/C14H18F3NO2S/c1-10(4-7-13(2,3)21-14(15,16)17)20-12(19)11-5-8-18-9-6-11/h5-6,8-10H,4,7H2,1-3H3. The highest BCUT2D eigenvalue weighted by molar-refractivity contribution is 8.01. The predicted octanol–water partition coefficient (Wildman–Crippen LogP) is 4.44. The minimum absolute atomic E-state index is 0.0325. The topological polar surface area (TPSA) is 39.2 Å². The van der Waals surface area contributed by atoms with Crippen molar-refractivity contribution < 1.29 is 22.7 Å². The van der Waals surface area contributed by atoms with Crippen LogP contribution < -0.4 is 0 Å². The van der Waals surface area contributed by atoms with Crippen LogP contribution in [0.5, 0.6) is 0 Å². The molecule has 3 nitrogen and oxygen atoms in total. The van der Waals surface area contributed by atoms with Gasteiger partial charge in [0, 0.05) is 17.1 Å². The van der Waals surface area contributed by atoms with Crippen molar-refractivity contribution in [2.75, 3.05) is 0 Å². The summed E-state index contributed by atoms with van der Waals surface area (Å²) in [6, 6.07) is 3.05. The molecule has 0 N–H and O–H groups in total. The van der Waals surface area contributed by atoms with Crippen molar-refractivity contribution >= 4 is 17.7 Å². The van der Waals surface area contributed by atoms with E-state index in [2.05, 4.69) is 4.98 Å². The average Bonchev–Trinajstić information content (AvgIpc) is 2.35. The monoisotopic (exact) mass is 321 g/mol. The van der Waals surface area contributed by atoms with E-state index in [1.165, 1.54) is 38.4 Å². The van der Waals surface area contributed by atoms with Gasteiger partial charge in [-0.2, -0.15) is 13.2 Å². The molecular weight excluding hydrogens is 303 g/mol. The number of esters is 1. The number of alkyl halides is 3. The number of ether oxygens (including phenoxy) is 1. The third-order valence-electron chi connectivity index (χ3n) is 2.77. The van der Waals surface area contributed by atoms with Crippen molar-refractivity contribution in [1.82, 2.24) is 4.98 Å². The zero-order valence-corrected chi connectivity index (χ0v) is 12.9. The molecule has 7 heteroatoms. The van der Waals surface area contributed by atoms with Crippen LogP contribution in [0.2, 0.25) is 0 Å². The molecule has 0 bridgehead atoms. The number of hydrogen-bond donors (Lipinski definition) is 0. The SMILES string of the molecule is CC(CCC(C)(C)SC(F)(F)F)OC(=O)c1ccncc1. The molecule has 1 aromatic heterocycles. The lowest BCUT2D eigenvalue weighted by Crippen LogP contribution is -2.24. The molecule has 0 aliphatic carbocycles. The third kappa shape index (κ3) is 7.36. The summed E-state index contributed by atoms with van der Waals surface area (Å²) in [7, 11) is 0. The maximum absolute atomic E-state index is 12.4. The molecule has 0 saturated heterocycles. The summed E-state index contributed by atoms with van der Waals surface area (Å²) in [6.07, 6.45) is 3.17. The van der Waals surface area contributed by atoms with Gasteiger partial charge >= 0.3 is 11.5 Å². The molecule has 0 aromatic carbocycles.